The van der Waals surface area contributed by atoms with Crippen molar-refractivity contribution in [2.24, 2.45) is 5.92 Å². The van der Waals surface area contributed by atoms with Crippen molar-refractivity contribution in [1.29, 1.82) is 0 Å². The number of β-amino-alcohol motifs (C(OH)–C–C–N with tert-alkyl or cyclic N) is 1. The number of hydrogen-bond acceptors (Lipinski definition) is 13. The zero-order valence-corrected chi connectivity index (χ0v) is 35.4. The molecule has 6 aromatic rings. The molecule has 0 bridgehead atoms. The van der Waals surface area contributed by atoms with Crippen LogP contribution in [0.4, 0.5) is 0 Å². The molecule has 62 heavy (non-hydrogen) atoms. The number of benzene rings is 2. The van der Waals surface area contributed by atoms with Crippen LogP contribution in [0.25, 0.3) is 32.7 Å². The number of hydrogen-bond donors (Lipinski definition) is 5. The molecule has 5 N–H and O–H groups in total. The minimum atomic E-state index is -0.887. The third-order valence-electron chi connectivity index (χ3n) is 11.4. The molecule has 6 heterocycles. The van der Waals surface area contributed by atoms with Gasteiger partial charge in [-0.1, -0.05) is 50.2 Å². The molecule has 0 aliphatic carbocycles. The van der Waals surface area contributed by atoms with Crippen molar-refractivity contribution in [3.63, 3.8) is 0 Å². The molecule has 17 nitrogen and oxygen atoms in total. The van der Waals surface area contributed by atoms with E-state index in [-0.39, 0.29) is 73.2 Å². The van der Waals surface area contributed by atoms with Gasteiger partial charge in [0.1, 0.15) is 24.3 Å². The van der Waals surface area contributed by atoms with E-state index in [1.807, 2.05) is 75.7 Å². The molecule has 2 aliphatic rings. The minimum absolute atomic E-state index is 0.00732. The number of thiazole rings is 1. The Morgan fingerprint density at radius 1 is 1.02 bits per heavy atom. The number of phenols is 1. The first-order chi connectivity index (χ1) is 29.8. The molecule has 0 unspecified atom stereocenters. The SMILES string of the molecule is Cc1ncsc1-c1ccc([C@H](C)NC(=O)[C@@H]2C[C@@H](O)CN2C(=O)[C@@H](c2cc(OCCNC(=O)C(=O)N3CC(c4cc5cc(-c6ccccc6O)nnc5[nH]4)C3)no2)C(C)C)cc1. The van der Waals surface area contributed by atoms with E-state index >= 15 is 0 Å². The van der Waals surface area contributed by atoms with Crippen LogP contribution in [-0.2, 0) is 19.2 Å². The number of aromatic hydroxyl groups is 1. The van der Waals surface area contributed by atoms with E-state index < -0.39 is 29.9 Å². The van der Waals surface area contributed by atoms with Gasteiger partial charge in [0.25, 0.3) is 5.88 Å². The number of aryl methyl sites for hydroxylation is 1. The summed E-state index contributed by atoms with van der Waals surface area (Å²) in [6.45, 7) is 8.20. The number of carbonyl (C=O) groups is 4. The third kappa shape index (κ3) is 8.73. The molecular formula is C44H47N9O8S. The fourth-order valence-electron chi connectivity index (χ4n) is 7.98. The Labute approximate surface area is 360 Å². The number of aliphatic hydroxyl groups is 1. The number of aliphatic hydroxyl groups excluding tert-OH is 1. The average Bonchev–Trinajstić information content (AvgIpc) is 4.06. The Bertz CT molecular complexity index is 2600. The molecule has 0 radical (unpaired) electrons. The number of carbonyl (C=O) groups excluding carboxylic acids is 4. The van der Waals surface area contributed by atoms with Gasteiger partial charge in [0.05, 0.1) is 40.5 Å². The van der Waals surface area contributed by atoms with Crippen molar-refractivity contribution >= 4 is 46.0 Å². The molecule has 4 atom stereocenters. The van der Waals surface area contributed by atoms with E-state index in [9.17, 15) is 29.4 Å². The van der Waals surface area contributed by atoms with Gasteiger partial charge in [0.2, 0.25) is 11.8 Å². The molecular weight excluding hydrogens is 815 g/mol. The summed E-state index contributed by atoms with van der Waals surface area (Å²) < 4.78 is 11.3. The molecule has 8 rings (SSSR count). The number of likely N-dealkylation sites (tertiary alicyclic amines) is 2. The van der Waals surface area contributed by atoms with Crippen molar-refractivity contribution in [2.45, 2.75) is 64.1 Å². The number of ether oxygens (including phenoxy) is 1. The molecule has 2 fully saturated rings. The van der Waals surface area contributed by atoms with Crippen LogP contribution in [0.3, 0.4) is 0 Å². The number of aromatic nitrogens is 5. The van der Waals surface area contributed by atoms with Crippen molar-refractivity contribution in [3.8, 4) is 33.3 Å². The van der Waals surface area contributed by atoms with E-state index in [0.717, 1.165) is 32.8 Å². The second-order valence-corrected chi connectivity index (χ2v) is 16.9. The lowest BCUT2D eigenvalue weighted by Gasteiger charge is -2.38. The largest absolute Gasteiger partial charge is 0.507 e. The van der Waals surface area contributed by atoms with Crippen molar-refractivity contribution in [3.05, 3.63) is 95.0 Å². The van der Waals surface area contributed by atoms with Crippen LogP contribution < -0.4 is 15.4 Å². The number of amides is 4. The molecule has 2 saturated heterocycles. The smallest absolute Gasteiger partial charge is 0.311 e. The fourth-order valence-corrected chi connectivity index (χ4v) is 8.79. The maximum Gasteiger partial charge on any atom is 0.311 e. The first kappa shape index (κ1) is 42.0. The van der Waals surface area contributed by atoms with Gasteiger partial charge in [-0.2, -0.15) is 0 Å². The Kier molecular flexibility index (Phi) is 12.0. The van der Waals surface area contributed by atoms with E-state index in [0.29, 0.717) is 30.0 Å². The van der Waals surface area contributed by atoms with Gasteiger partial charge >= 0.3 is 11.8 Å². The number of aromatic amines is 1. The lowest BCUT2D eigenvalue weighted by molar-refractivity contribution is -0.148. The Hall–Kier alpha value is -6.66. The maximum absolute atomic E-state index is 14.1. The fraction of sp³-hybridized carbons (Fsp3) is 0.364. The van der Waals surface area contributed by atoms with Crippen LogP contribution in [0.1, 0.15) is 67.8 Å². The normalized spacial score (nSPS) is 17.5. The van der Waals surface area contributed by atoms with Crippen LogP contribution in [0.5, 0.6) is 11.6 Å². The van der Waals surface area contributed by atoms with Crippen molar-refractivity contribution in [2.75, 3.05) is 32.8 Å². The van der Waals surface area contributed by atoms with E-state index in [2.05, 4.69) is 36.0 Å². The summed E-state index contributed by atoms with van der Waals surface area (Å²) >= 11 is 1.57. The molecule has 18 heteroatoms. The minimum Gasteiger partial charge on any atom is -0.507 e. The molecule has 0 saturated carbocycles. The summed E-state index contributed by atoms with van der Waals surface area (Å²) in [5.41, 5.74) is 7.26. The third-order valence-corrected chi connectivity index (χ3v) is 12.4. The number of para-hydroxylation sites is 1. The van der Waals surface area contributed by atoms with Crippen molar-refractivity contribution < 1.29 is 38.7 Å². The molecule has 0 spiro atoms. The van der Waals surface area contributed by atoms with Crippen LogP contribution >= 0.6 is 11.3 Å². The Morgan fingerprint density at radius 3 is 2.52 bits per heavy atom. The summed E-state index contributed by atoms with van der Waals surface area (Å²) in [6, 6.07) is 18.8. The second kappa shape index (κ2) is 17.7. The number of fused-ring (bicyclic) bond motifs is 1. The lowest BCUT2D eigenvalue weighted by Crippen LogP contribution is -2.53. The summed E-state index contributed by atoms with van der Waals surface area (Å²) in [5.74, 6) is -2.86. The lowest BCUT2D eigenvalue weighted by atomic mass is 9.91. The molecule has 2 aliphatic heterocycles. The first-order valence-electron chi connectivity index (χ1n) is 20.4. The summed E-state index contributed by atoms with van der Waals surface area (Å²) in [7, 11) is 0. The molecule has 4 aromatic heterocycles. The first-order valence-corrected chi connectivity index (χ1v) is 21.3. The van der Waals surface area contributed by atoms with E-state index in [4.69, 9.17) is 9.26 Å². The van der Waals surface area contributed by atoms with Gasteiger partial charge in [-0.3, -0.25) is 19.2 Å². The highest BCUT2D eigenvalue weighted by atomic mass is 32.1. The highest BCUT2D eigenvalue weighted by molar-refractivity contribution is 7.13. The highest BCUT2D eigenvalue weighted by Crippen LogP contribution is 2.34. The van der Waals surface area contributed by atoms with Crippen LogP contribution in [0, 0.1) is 12.8 Å². The summed E-state index contributed by atoms with van der Waals surface area (Å²) in [4.78, 5) is 64.8. The van der Waals surface area contributed by atoms with Crippen molar-refractivity contribution in [1.82, 2.24) is 45.8 Å². The van der Waals surface area contributed by atoms with Crippen LogP contribution in [0.2, 0.25) is 0 Å². The maximum atomic E-state index is 14.1. The molecule has 322 valence electrons. The zero-order chi connectivity index (χ0) is 43.7. The monoisotopic (exact) mass is 861 g/mol. The van der Waals surface area contributed by atoms with Crippen LogP contribution in [0.15, 0.2) is 76.8 Å². The molecule has 2 aromatic carbocycles. The van der Waals surface area contributed by atoms with E-state index in [1.165, 1.54) is 15.9 Å². The van der Waals surface area contributed by atoms with Gasteiger partial charge < -0.3 is 44.9 Å². The summed E-state index contributed by atoms with van der Waals surface area (Å²) in [6.07, 6.45) is -0.779. The van der Waals surface area contributed by atoms with E-state index in [1.54, 1.807) is 29.5 Å². The Morgan fingerprint density at radius 2 is 1.79 bits per heavy atom. The number of nitrogens with one attached hydrogen (secondary N) is 3. The standard InChI is InChI=1S/C44H47N9O8S/c1-23(2)38(43(58)53-21-30(54)17-34(53)41(56)47-24(3)26-9-11-27(12-10-26)39-25(4)46-22-62-39)36-18-37(51-61-36)60-14-13-45-42(57)44(59)52-19-29(20-52)32-15-28-16-33(49-50-40(28)48-32)31-7-5-6-8-35(31)55/h5-12,15-16,18,22-24,29-30,34,38,54-55H,13-14,17,19-21H2,1-4H3,(H,45,57)(H,47,56)(H,48,50)/t24-,30+,34-,38+/m0/s1. The van der Waals surface area contributed by atoms with Gasteiger partial charge in [-0.15, -0.1) is 21.5 Å². The zero-order valence-electron chi connectivity index (χ0n) is 34.6. The number of H-pyrrole nitrogens is 1. The highest BCUT2D eigenvalue weighted by Gasteiger charge is 2.44. The number of phenolic OH excluding ortho intramolecular Hbond substituents is 1. The molecule has 4 amide bonds. The number of rotatable bonds is 13. The average molecular weight is 862 g/mol. The van der Waals surface area contributed by atoms with Gasteiger partial charge in [-0.25, -0.2) is 4.98 Å². The van der Waals surface area contributed by atoms with Gasteiger partial charge in [0.15, 0.2) is 11.4 Å². The predicted octanol–water partition coefficient (Wildman–Crippen LogP) is 4.45. The number of nitrogens with zero attached hydrogens (tertiary/aromatic N) is 6. The van der Waals surface area contributed by atoms with Crippen LogP contribution in [-0.4, -0.2) is 114 Å². The summed E-state index contributed by atoms with van der Waals surface area (Å²) in [5, 5.41) is 39.7. The second-order valence-electron chi connectivity index (χ2n) is 16.1. The van der Waals surface area contributed by atoms with Gasteiger partial charge in [-0.05, 0) is 60.3 Å². The van der Waals surface area contributed by atoms with Gasteiger partial charge in [0, 0.05) is 54.7 Å². The Balaban J connectivity index is 0.803. The predicted molar refractivity (Wildman–Crippen MR) is 228 cm³/mol. The quantitative estimate of drug-likeness (QED) is 0.0802. The topological polar surface area (TPSA) is 229 Å².